The Hall–Kier alpha value is -7.56. The molecule has 1 aliphatic heterocycles. The molecule has 4 heteroatoms. The van der Waals surface area contributed by atoms with E-state index in [4.69, 9.17) is 4.42 Å². The number of nitrogens with zero attached hydrogens (tertiary/aromatic N) is 1. The predicted molar refractivity (Wildman–Crippen MR) is 311 cm³/mol. The third-order valence-electron chi connectivity index (χ3n) is 18.1. The summed E-state index contributed by atoms with van der Waals surface area (Å²) in [6.07, 6.45) is 2.31. The van der Waals surface area contributed by atoms with Crippen molar-refractivity contribution in [1.29, 1.82) is 0 Å². The summed E-state index contributed by atoms with van der Waals surface area (Å²) in [6.45, 7) is 21.7. The number of anilines is 5. The lowest BCUT2D eigenvalue weighted by atomic mass is 9.57. The predicted octanol–water partition coefficient (Wildman–Crippen LogP) is 17.1. The number of rotatable bonds is 5. The van der Waals surface area contributed by atoms with Gasteiger partial charge in [-0.3, -0.25) is 0 Å². The van der Waals surface area contributed by atoms with Crippen molar-refractivity contribution >= 4 is 68.6 Å². The Kier molecular flexibility index (Phi) is 9.22. The molecular formula is C69H61BN2O. The molecule has 1 N–H and O–H groups in total. The van der Waals surface area contributed by atoms with Crippen LogP contribution in [0.25, 0.3) is 66.4 Å². The number of benzene rings is 9. The highest BCUT2D eigenvalue weighted by Crippen LogP contribution is 2.56. The zero-order chi connectivity index (χ0) is 49.9. The van der Waals surface area contributed by atoms with Crippen molar-refractivity contribution in [1.82, 2.24) is 0 Å². The fraction of sp³-hybridized carbons (Fsp3) is 0.217. The van der Waals surface area contributed by atoms with Crippen LogP contribution in [-0.4, -0.2) is 7.28 Å². The molecule has 0 saturated heterocycles. The second-order valence-electron chi connectivity index (χ2n) is 24.1. The normalized spacial score (nSPS) is 16.7. The summed E-state index contributed by atoms with van der Waals surface area (Å²) in [7, 11) is 0.742. The highest BCUT2D eigenvalue weighted by atomic mass is 16.3. The summed E-state index contributed by atoms with van der Waals surface area (Å²) in [5.41, 5.74) is 29.7. The van der Waals surface area contributed by atoms with Gasteiger partial charge in [0.25, 0.3) is 0 Å². The topological polar surface area (TPSA) is 28.4 Å². The van der Waals surface area contributed by atoms with Crippen LogP contribution in [0.4, 0.5) is 28.4 Å². The molecule has 0 radical (unpaired) electrons. The standard InChI is InChI=1S/C69H61BN2O/c1-40-33-56-57(67(4,5)32-31-66(56,2)3)39-60(40)72-61-38-55-48(45-22-14-17-25-53(45)69(55,8)9)36-58(61)70-63-50(35-51-46-23-15-18-26-62(46)73-65(51)64(63)72)49-34-47-44-21-13-16-24-52(44)68(6,7)54(47)37-59(49)71-43-29-27-42(28-30-43)41-19-11-10-12-20-41/h10-30,33-39,70-71H,31-32H2,1-9H3. The Morgan fingerprint density at radius 2 is 1.04 bits per heavy atom. The van der Waals surface area contributed by atoms with E-state index in [9.17, 15) is 0 Å². The van der Waals surface area contributed by atoms with Crippen LogP contribution in [0.2, 0.25) is 0 Å². The van der Waals surface area contributed by atoms with Crippen LogP contribution < -0.4 is 21.1 Å². The third-order valence-corrected chi connectivity index (χ3v) is 18.1. The molecule has 0 spiro atoms. The SMILES string of the molecule is Cc1cc2c(cc1N1c3cc4c(cc3Bc3c(-c5cc6c(cc5Nc5ccc(-c7ccccc7)cc5)C(C)(C)c5ccccc5-6)cc5c(oc6ccccc65)c31)-c1ccccc1C4(C)C)C(C)(C)CCC2(C)C. The van der Waals surface area contributed by atoms with Gasteiger partial charge in [0, 0.05) is 49.9 Å². The monoisotopic (exact) mass is 944 g/mol. The quantitative estimate of drug-likeness (QED) is 0.174. The smallest absolute Gasteiger partial charge is 0.198 e. The molecule has 14 rings (SSSR count). The Morgan fingerprint density at radius 3 is 1.74 bits per heavy atom. The number of hydrogen-bond acceptors (Lipinski definition) is 3. The lowest BCUT2D eigenvalue weighted by Crippen LogP contribution is -2.42. The first-order chi connectivity index (χ1) is 35.1. The maximum atomic E-state index is 7.28. The third kappa shape index (κ3) is 6.38. The molecule has 0 atom stereocenters. The molecule has 0 saturated carbocycles. The van der Waals surface area contributed by atoms with Crippen LogP contribution in [0.1, 0.15) is 107 Å². The lowest BCUT2D eigenvalue weighted by Gasteiger charge is -2.44. The molecule has 3 nitrogen and oxygen atoms in total. The molecule has 2 heterocycles. The molecule has 0 fully saturated rings. The van der Waals surface area contributed by atoms with Gasteiger partial charge in [0.15, 0.2) is 12.9 Å². The lowest BCUT2D eigenvalue weighted by molar-refractivity contribution is 0.332. The zero-order valence-corrected chi connectivity index (χ0v) is 43.6. The first-order valence-corrected chi connectivity index (χ1v) is 26.5. The number of nitrogens with one attached hydrogen (secondary N) is 1. The van der Waals surface area contributed by atoms with E-state index in [2.05, 4.69) is 242 Å². The van der Waals surface area contributed by atoms with E-state index in [0.717, 1.165) is 52.7 Å². The highest BCUT2D eigenvalue weighted by Gasteiger charge is 2.43. The number of fused-ring (bicyclic) bond motifs is 13. The number of para-hydroxylation sites is 1. The summed E-state index contributed by atoms with van der Waals surface area (Å²) < 4.78 is 7.28. The minimum Gasteiger partial charge on any atom is -0.454 e. The van der Waals surface area contributed by atoms with Crippen molar-refractivity contribution in [3.8, 4) is 44.5 Å². The van der Waals surface area contributed by atoms with Gasteiger partial charge in [0.2, 0.25) is 0 Å². The van der Waals surface area contributed by atoms with Crippen molar-refractivity contribution in [2.45, 2.75) is 96.8 Å². The molecule has 9 aromatic carbocycles. The summed E-state index contributed by atoms with van der Waals surface area (Å²) in [4.78, 5) is 2.65. The number of hydrogen-bond donors (Lipinski definition) is 1. The van der Waals surface area contributed by atoms with Crippen LogP contribution in [0.3, 0.4) is 0 Å². The van der Waals surface area contributed by atoms with Crippen molar-refractivity contribution in [2.75, 3.05) is 10.2 Å². The summed E-state index contributed by atoms with van der Waals surface area (Å²) >= 11 is 0. The van der Waals surface area contributed by atoms with E-state index in [1.165, 1.54) is 112 Å². The Balaban J connectivity index is 1.08. The molecule has 10 aromatic rings. The number of aryl methyl sites for hydroxylation is 1. The van der Waals surface area contributed by atoms with E-state index in [1.807, 2.05) is 0 Å². The second-order valence-corrected chi connectivity index (χ2v) is 24.1. The first kappa shape index (κ1) is 44.2. The molecular weight excluding hydrogens is 884 g/mol. The van der Waals surface area contributed by atoms with Crippen LogP contribution in [0.15, 0.2) is 174 Å². The highest BCUT2D eigenvalue weighted by molar-refractivity contribution is 6.74. The Morgan fingerprint density at radius 1 is 0.466 bits per heavy atom. The van der Waals surface area contributed by atoms with E-state index in [0.29, 0.717) is 0 Å². The number of furan rings is 1. The van der Waals surface area contributed by atoms with Gasteiger partial charge < -0.3 is 14.6 Å². The molecule has 0 unspecified atom stereocenters. The molecule has 0 amide bonds. The molecule has 356 valence electrons. The van der Waals surface area contributed by atoms with Gasteiger partial charge in [0.05, 0.1) is 5.69 Å². The van der Waals surface area contributed by atoms with Crippen molar-refractivity contribution in [2.24, 2.45) is 0 Å². The minimum absolute atomic E-state index is 0.0151. The average Bonchev–Trinajstić information content (AvgIpc) is 3.96. The fourth-order valence-electron chi connectivity index (χ4n) is 13.8. The maximum absolute atomic E-state index is 7.28. The van der Waals surface area contributed by atoms with Crippen LogP contribution in [0.5, 0.6) is 0 Å². The zero-order valence-electron chi connectivity index (χ0n) is 43.6. The minimum atomic E-state index is -0.186. The fourth-order valence-corrected chi connectivity index (χ4v) is 13.8. The van der Waals surface area contributed by atoms with Gasteiger partial charge in [-0.2, -0.15) is 0 Å². The van der Waals surface area contributed by atoms with E-state index in [1.54, 1.807) is 0 Å². The Bertz CT molecular complexity index is 3980. The van der Waals surface area contributed by atoms with Gasteiger partial charge >= 0.3 is 0 Å². The van der Waals surface area contributed by atoms with Gasteiger partial charge in [0.1, 0.15) is 5.58 Å². The molecule has 73 heavy (non-hydrogen) atoms. The van der Waals surface area contributed by atoms with E-state index in [-0.39, 0.29) is 21.7 Å². The van der Waals surface area contributed by atoms with Crippen molar-refractivity contribution < 1.29 is 4.42 Å². The van der Waals surface area contributed by atoms with Gasteiger partial charge in [-0.1, -0.05) is 182 Å². The first-order valence-electron chi connectivity index (χ1n) is 26.5. The summed E-state index contributed by atoms with van der Waals surface area (Å²) in [6, 6.07) is 64.1. The molecule has 1 aromatic heterocycles. The molecule has 0 bridgehead atoms. The largest absolute Gasteiger partial charge is 0.454 e. The van der Waals surface area contributed by atoms with Gasteiger partial charge in [-0.05, 0) is 162 Å². The van der Waals surface area contributed by atoms with E-state index >= 15 is 0 Å². The molecule has 4 aliphatic rings. The molecule has 3 aliphatic carbocycles. The second kappa shape index (κ2) is 15.2. The van der Waals surface area contributed by atoms with Crippen molar-refractivity contribution in [3.05, 3.63) is 209 Å². The van der Waals surface area contributed by atoms with E-state index < -0.39 is 0 Å². The van der Waals surface area contributed by atoms with Gasteiger partial charge in [-0.15, -0.1) is 0 Å². The summed E-state index contributed by atoms with van der Waals surface area (Å²) in [5, 5.41) is 6.32. The maximum Gasteiger partial charge on any atom is 0.198 e. The van der Waals surface area contributed by atoms with Crippen LogP contribution in [0, 0.1) is 6.92 Å². The summed E-state index contributed by atoms with van der Waals surface area (Å²) in [5.74, 6) is 0. The van der Waals surface area contributed by atoms with Crippen LogP contribution >= 0.6 is 0 Å². The Labute approximate surface area is 431 Å². The van der Waals surface area contributed by atoms with Crippen molar-refractivity contribution in [3.63, 3.8) is 0 Å². The average molecular weight is 945 g/mol. The van der Waals surface area contributed by atoms with Gasteiger partial charge in [-0.25, -0.2) is 0 Å². The van der Waals surface area contributed by atoms with Crippen LogP contribution in [-0.2, 0) is 21.7 Å².